The van der Waals surface area contributed by atoms with E-state index in [0.717, 1.165) is 16.5 Å². The minimum atomic E-state index is -0.227. The lowest BCUT2D eigenvalue weighted by atomic mass is 9.95. The number of fused-ring (bicyclic) bond motifs is 1. The molecule has 4 N–H and O–H groups in total. The summed E-state index contributed by atoms with van der Waals surface area (Å²) in [6.07, 6.45) is 2.29. The van der Waals surface area contributed by atoms with Crippen molar-refractivity contribution in [2.75, 3.05) is 5.73 Å². The van der Waals surface area contributed by atoms with Gasteiger partial charge in [-0.05, 0) is 41.1 Å². The molecule has 21 heavy (non-hydrogen) atoms. The maximum atomic E-state index is 13.8. The van der Waals surface area contributed by atoms with E-state index < -0.39 is 0 Å². The Morgan fingerprint density at radius 3 is 2.57 bits per heavy atom. The smallest absolute Gasteiger partial charge is 0.131 e. The molecule has 0 aliphatic rings. The van der Waals surface area contributed by atoms with E-state index in [1.165, 1.54) is 6.07 Å². The Labute approximate surface area is 122 Å². The molecule has 0 saturated carbocycles. The van der Waals surface area contributed by atoms with Crippen molar-refractivity contribution in [3.05, 3.63) is 71.7 Å². The van der Waals surface area contributed by atoms with Crippen LogP contribution in [0.2, 0.25) is 0 Å². The Bertz CT molecular complexity index is 786. The average molecular weight is 281 g/mol. The van der Waals surface area contributed by atoms with E-state index in [1.54, 1.807) is 18.3 Å². The maximum absolute atomic E-state index is 13.8. The van der Waals surface area contributed by atoms with Crippen LogP contribution in [0.15, 0.2) is 54.7 Å². The molecule has 4 heteroatoms. The number of halogens is 1. The summed E-state index contributed by atoms with van der Waals surface area (Å²) in [6.45, 7) is 0. The number of benzene rings is 2. The molecule has 0 fully saturated rings. The van der Waals surface area contributed by atoms with E-state index in [1.807, 2.05) is 30.3 Å². The third-order valence-electron chi connectivity index (χ3n) is 3.61. The lowest BCUT2D eigenvalue weighted by Crippen LogP contribution is -2.14. The van der Waals surface area contributed by atoms with Crippen LogP contribution in [0.3, 0.4) is 0 Å². The summed E-state index contributed by atoms with van der Waals surface area (Å²) in [6, 6.07) is 14.1. The van der Waals surface area contributed by atoms with Crippen molar-refractivity contribution >= 4 is 16.6 Å². The van der Waals surface area contributed by atoms with Crippen LogP contribution in [0.5, 0.6) is 0 Å². The van der Waals surface area contributed by atoms with Gasteiger partial charge in [0.1, 0.15) is 11.6 Å². The van der Waals surface area contributed by atoms with E-state index >= 15 is 0 Å². The molecule has 0 amide bonds. The monoisotopic (exact) mass is 281 g/mol. The largest absolute Gasteiger partial charge is 0.384 e. The lowest BCUT2D eigenvalue weighted by Gasteiger charge is -2.15. The SMILES string of the molecule is Nc1cc(CC(N)c2ccc(F)c3ccccc23)ccn1. The highest BCUT2D eigenvalue weighted by molar-refractivity contribution is 5.86. The Kier molecular flexibility index (Phi) is 3.54. The van der Waals surface area contributed by atoms with Gasteiger partial charge in [-0.15, -0.1) is 0 Å². The first-order valence-corrected chi connectivity index (χ1v) is 6.78. The lowest BCUT2D eigenvalue weighted by molar-refractivity contribution is 0.637. The van der Waals surface area contributed by atoms with Crippen LogP contribution >= 0.6 is 0 Å². The highest BCUT2D eigenvalue weighted by Gasteiger charge is 2.13. The first-order valence-electron chi connectivity index (χ1n) is 6.78. The van der Waals surface area contributed by atoms with E-state index in [2.05, 4.69) is 4.98 Å². The highest BCUT2D eigenvalue weighted by Crippen LogP contribution is 2.27. The number of hydrogen-bond acceptors (Lipinski definition) is 3. The summed E-state index contributed by atoms with van der Waals surface area (Å²) in [7, 11) is 0. The number of aromatic nitrogens is 1. The van der Waals surface area contributed by atoms with Crippen LogP contribution in [-0.2, 0) is 6.42 Å². The minimum absolute atomic E-state index is 0.225. The fraction of sp³-hybridized carbons (Fsp3) is 0.118. The molecule has 1 unspecified atom stereocenters. The number of nitrogens with zero attached hydrogens (tertiary/aromatic N) is 1. The molecular weight excluding hydrogens is 265 g/mol. The normalized spacial score (nSPS) is 12.5. The zero-order valence-corrected chi connectivity index (χ0v) is 11.5. The molecule has 0 saturated heterocycles. The minimum Gasteiger partial charge on any atom is -0.384 e. The maximum Gasteiger partial charge on any atom is 0.131 e. The van der Waals surface area contributed by atoms with Crippen LogP contribution in [-0.4, -0.2) is 4.98 Å². The molecule has 0 aliphatic carbocycles. The van der Waals surface area contributed by atoms with Crippen molar-refractivity contribution in [2.24, 2.45) is 5.73 Å². The second kappa shape index (κ2) is 5.50. The van der Waals surface area contributed by atoms with Gasteiger partial charge in [-0.1, -0.05) is 30.3 Å². The van der Waals surface area contributed by atoms with E-state index in [-0.39, 0.29) is 11.9 Å². The molecule has 1 heterocycles. The summed E-state index contributed by atoms with van der Waals surface area (Å²) in [5, 5.41) is 1.45. The van der Waals surface area contributed by atoms with Crippen molar-refractivity contribution in [1.29, 1.82) is 0 Å². The number of hydrogen-bond donors (Lipinski definition) is 2. The number of pyridine rings is 1. The van der Waals surface area contributed by atoms with Gasteiger partial charge in [-0.2, -0.15) is 0 Å². The molecule has 106 valence electrons. The van der Waals surface area contributed by atoms with Gasteiger partial charge in [0.25, 0.3) is 0 Å². The van der Waals surface area contributed by atoms with Gasteiger partial charge in [-0.3, -0.25) is 0 Å². The van der Waals surface area contributed by atoms with E-state index in [4.69, 9.17) is 11.5 Å². The molecule has 2 aromatic carbocycles. The van der Waals surface area contributed by atoms with Crippen molar-refractivity contribution in [2.45, 2.75) is 12.5 Å². The summed E-state index contributed by atoms with van der Waals surface area (Å²) >= 11 is 0. The first kappa shape index (κ1) is 13.5. The summed E-state index contributed by atoms with van der Waals surface area (Å²) in [5.74, 6) is 0.248. The Balaban J connectivity index is 1.98. The van der Waals surface area contributed by atoms with Crippen LogP contribution in [0, 0.1) is 5.82 Å². The number of nitrogens with two attached hydrogens (primary N) is 2. The standard InChI is InChI=1S/C17H16FN3/c18-15-6-5-14(12-3-1-2-4-13(12)15)16(19)9-11-7-8-21-17(20)10-11/h1-8,10,16H,9,19H2,(H2,20,21). The quantitative estimate of drug-likeness (QED) is 0.775. The molecule has 0 aliphatic heterocycles. The Morgan fingerprint density at radius 1 is 1.05 bits per heavy atom. The van der Waals surface area contributed by atoms with Crippen molar-refractivity contribution in [1.82, 2.24) is 4.98 Å². The zero-order valence-electron chi connectivity index (χ0n) is 11.5. The topological polar surface area (TPSA) is 64.9 Å². The molecule has 0 bridgehead atoms. The Hall–Kier alpha value is -2.46. The van der Waals surface area contributed by atoms with Crippen LogP contribution in [0.1, 0.15) is 17.2 Å². The second-order valence-corrected chi connectivity index (χ2v) is 5.08. The molecule has 1 aromatic heterocycles. The molecular formula is C17H16FN3. The average Bonchev–Trinajstić information content (AvgIpc) is 2.48. The number of rotatable bonds is 3. The predicted octanol–water partition coefficient (Wildman–Crippen LogP) is 3.20. The van der Waals surface area contributed by atoms with Gasteiger partial charge in [0.15, 0.2) is 0 Å². The fourth-order valence-corrected chi connectivity index (χ4v) is 2.59. The van der Waals surface area contributed by atoms with Crippen LogP contribution < -0.4 is 11.5 Å². The van der Waals surface area contributed by atoms with Crippen LogP contribution in [0.4, 0.5) is 10.2 Å². The van der Waals surface area contributed by atoms with Gasteiger partial charge in [0, 0.05) is 17.6 Å². The van der Waals surface area contributed by atoms with Crippen molar-refractivity contribution in [3.63, 3.8) is 0 Å². The molecule has 0 radical (unpaired) electrons. The zero-order chi connectivity index (χ0) is 14.8. The summed E-state index contributed by atoms with van der Waals surface area (Å²) in [4.78, 5) is 3.97. The van der Waals surface area contributed by atoms with Gasteiger partial charge < -0.3 is 11.5 Å². The van der Waals surface area contributed by atoms with Crippen molar-refractivity contribution in [3.8, 4) is 0 Å². The summed E-state index contributed by atoms with van der Waals surface area (Å²) < 4.78 is 13.8. The number of anilines is 1. The third-order valence-corrected chi connectivity index (χ3v) is 3.61. The second-order valence-electron chi connectivity index (χ2n) is 5.08. The van der Waals surface area contributed by atoms with E-state index in [0.29, 0.717) is 17.6 Å². The van der Waals surface area contributed by atoms with Crippen LogP contribution in [0.25, 0.3) is 10.8 Å². The Morgan fingerprint density at radius 2 is 1.81 bits per heavy atom. The van der Waals surface area contributed by atoms with E-state index in [9.17, 15) is 4.39 Å². The third kappa shape index (κ3) is 2.71. The predicted molar refractivity (Wildman–Crippen MR) is 83.2 cm³/mol. The van der Waals surface area contributed by atoms with Gasteiger partial charge in [-0.25, -0.2) is 9.37 Å². The molecule has 0 spiro atoms. The molecule has 3 nitrogen and oxygen atoms in total. The van der Waals surface area contributed by atoms with Crippen molar-refractivity contribution < 1.29 is 4.39 Å². The molecule has 3 rings (SSSR count). The summed E-state index contributed by atoms with van der Waals surface area (Å²) in [5.41, 5.74) is 13.9. The molecule has 3 aromatic rings. The van der Waals surface area contributed by atoms with Gasteiger partial charge in [0.2, 0.25) is 0 Å². The number of nitrogen functional groups attached to an aromatic ring is 1. The van der Waals surface area contributed by atoms with Gasteiger partial charge in [0.05, 0.1) is 0 Å². The highest BCUT2D eigenvalue weighted by atomic mass is 19.1. The molecule has 1 atom stereocenters. The first-order chi connectivity index (χ1) is 10.1. The fourth-order valence-electron chi connectivity index (χ4n) is 2.59. The van der Waals surface area contributed by atoms with Gasteiger partial charge >= 0.3 is 0 Å².